The summed E-state index contributed by atoms with van der Waals surface area (Å²) in [7, 11) is 0. The standard InChI is InChI=1S/C22H32N2O7/c1-5-29-19(26)14-18(25)17(24-21(28)31-22(2,3)4)12-9-13-23-20(27)30-15-16-10-7-6-8-11-16/h6-8,10-11,17H,5,9,12-15H2,1-4H3,(H,23,27)(H,24,28). The number of rotatable bonds is 11. The van der Waals surface area contributed by atoms with Crippen molar-refractivity contribution in [3.8, 4) is 0 Å². The number of esters is 1. The SMILES string of the molecule is CCOC(=O)CC(=O)C(CCCNC(=O)OCc1ccccc1)NC(=O)OC(C)(C)C. The molecule has 0 aromatic heterocycles. The minimum atomic E-state index is -0.943. The zero-order valence-electron chi connectivity index (χ0n) is 18.6. The van der Waals surface area contributed by atoms with E-state index in [1.165, 1.54) is 0 Å². The van der Waals surface area contributed by atoms with Gasteiger partial charge in [0.15, 0.2) is 5.78 Å². The van der Waals surface area contributed by atoms with Gasteiger partial charge in [0.05, 0.1) is 12.6 Å². The quantitative estimate of drug-likeness (QED) is 0.237. The topological polar surface area (TPSA) is 120 Å². The van der Waals surface area contributed by atoms with Crippen molar-refractivity contribution in [1.82, 2.24) is 10.6 Å². The molecule has 1 rings (SSSR count). The van der Waals surface area contributed by atoms with Gasteiger partial charge in [0.1, 0.15) is 18.6 Å². The molecule has 0 aliphatic carbocycles. The Kier molecular flexibility index (Phi) is 11.1. The van der Waals surface area contributed by atoms with Gasteiger partial charge in [-0.2, -0.15) is 0 Å². The van der Waals surface area contributed by atoms with Crippen molar-refractivity contribution in [2.75, 3.05) is 13.2 Å². The van der Waals surface area contributed by atoms with E-state index < -0.39 is 42.0 Å². The molecule has 0 bridgehead atoms. The van der Waals surface area contributed by atoms with Crippen molar-refractivity contribution in [3.63, 3.8) is 0 Å². The van der Waals surface area contributed by atoms with E-state index in [1.807, 2.05) is 30.3 Å². The highest BCUT2D eigenvalue weighted by Crippen LogP contribution is 2.09. The summed E-state index contributed by atoms with van der Waals surface area (Å²) in [5, 5.41) is 5.08. The molecule has 0 aliphatic heterocycles. The number of hydrogen-bond acceptors (Lipinski definition) is 7. The zero-order chi connectivity index (χ0) is 23.3. The number of nitrogens with one attached hydrogen (secondary N) is 2. The molecule has 0 aliphatic rings. The van der Waals surface area contributed by atoms with Gasteiger partial charge in [0, 0.05) is 6.54 Å². The molecular weight excluding hydrogens is 404 g/mol. The fourth-order valence-corrected chi connectivity index (χ4v) is 2.51. The summed E-state index contributed by atoms with van der Waals surface area (Å²) in [5.41, 5.74) is 0.131. The molecule has 1 atom stereocenters. The van der Waals surface area contributed by atoms with E-state index in [4.69, 9.17) is 14.2 Å². The molecule has 0 heterocycles. The fourth-order valence-electron chi connectivity index (χ4n) is 2.51. The van der Waals surface area contributed by atoms with Crippen LogP contribution in [0.15, 0.2) is 30.3 Å². The van der Waals surface area contributed by atoms with Gasteiger partial charge < -0.3 is 24.8 Å². The zero-order valence-corrected chi connectivity index (χ0v) is 18.6. The van der Waals surface area contributed by atoms with Crippen LogP contribution >= 0.6 is 0 Å². The monoisotopic (exact) mass is 436 g/mol. The van der Waals surface area contributed by atoms with Gasteiger partial charge in [-0.15, -0.1) is 0 Å². The van der Waals surface area contributed by atoms with E-state index in [-0.39, 0.29) is 26.2 Å². The fraction of sp³-hybridized carbons (Fsp3) is 0.545. The number of carbonyl (C=O) groups is 4. The Labute approximate surface area is 182 Å². The molecular formula is C22H32N2O7. The Balaban J connectivity index is 2.49. The van der Waals surface area contributed by atoms with Crippen LogP contribution in [0.25, 0.3) is 0 Å². The lowest BCUT2D eigenvalue weighted by molar-refractivity contribution is -0.146. The summed E-state index contributed by atoms with van der Waals surface area (Å²) in [5.74, 6) is -1.15. The highest BCUT2D eigenvalue weighted by atomic mass is 16.6. The number of hydrogen-bond donors (Lipinski definition) is 2. The summed E-state index contributed by atoms with van der Waals surface area (Å²) in [6.45, 7) is 7.28. The van der Waals surface area contributed by atoms with Crippen molar-refractivity contribution < 1.29 is 33.4 Å². The average molecular weight is 437 g/mol. The lowest BCUT2D eigenvalue weighted by Crippen LogP contribution is -2.44. The molecule has 172 valence electrons. The summed E-state index contributed by atoms with van der Waals surface area (Å²) >= 11 is 0. The van der Waals surface area contributed by atoms with Crippen molar-refractivity contribution in [2.24, 2.45) is 0 Å². The van der Waals surface area contributed by atoms with E-state index in [9.17, 15) is 19.2 Å². The first kappa shape index (κ1) is 25.9. The largest absolute Gasteiger partial charge is 0.466 e. The van der Waals surface area contributed by atoms with Gasteiger partial charge >= 0.3 is 18.2 Å². The third kappa shape index (κ3) is 12.2. The normalized spacial score (nSPS) is 11.7. The van der Waals surface area contributed by atoms with Crippen molar-refractivity contribution in [3.05, 3.63) is 35.9 Å². The van der Waals surface area contributed by atoms with Crippen LogP contribution in [0, 0.1) is 0 Å². The van der Waals surface area contributed by atoms with Gasteiger partial charge in [0.2, 0.25) is 0 Å². The molecule has 0 radical (unpaired) electrons. The Morgan fingerprint density at radius 2 is 1.68 bits per heavy atom. The number of carbonyl (C=O) groups excluding carboxylic acids is 4. The maximum absolute atomic E-state index is 12.4. The Morgan fingerprint density at radius 3 is 2.29 bits per heavy atom. The number of ketones is 1. The van der Waals surface area contributed by atoms with Crippen molar-refractivity contribution in [1.29, 1.82) is 0 Å². The van der Waals surface area contributed by atoms with E-state index in [0.29, 0.717) is 6.42 Å². The van der Waals surface area contributed by atoms with E-state index in [2.05, 4.69) is 10.6 Å². The predicted molar refractivity (Wildman–Crippen MR) is 113 cm³/mol. The summed E-state index contributed by atoms with van der Waals surface area (Å²) in [6.07, 6.45) is -1.23. The smallest absolute Gasteiger partial charge is 0.408 e. The number of ether oxygens (including phenoxy) is 3. The van der Waals surface area contributed by atoms with Crippen LogP contribution in [0.4, 0.5) is 9.59 Å². The summed E-state index contributed by atoms with van der Waals surface area (Å²) in [6, 6.07) is 8.31. The molecule has 1 aromatic rings. The van der Waals surface area contributed by atoms with E-state index in [0.717, 1.165) is 5.56 Å². The molecule has 1 aromatic carbocycles. The van der Waals surface area contributed by atoms with Crippen LogP contribution in [0.2, 0.25) is 0 Å². The van der Waals surface area contributed by atoms with Crippen LogP contribution in [0.3, 0.4) is 0 Å². The van der Waals surface area contributed by atoms with Gasteiger partial charge in [0.25, 0.3) is 0 Å². The molecule has 31 heavy (non-hydrogen) atoms. The molecule has 0 saturated heterocycles. The first-order valence-corrected chi connectivity index (χ1v) is 10.2. The minimum Gasteiger partial charge on any atom is -0.466 e. The molecule has 0 fully saturated rings. The molecule has 2 N–H and O–H groups in total. The second-order valence-corrected chi connectivity index (χ2v) is 7.78. The Bertz CT molecular complexity index is 729. The third-order valence-electron chi connectivity index (χ3n) is 3.86. The van der Waals surface area contributed by atoms with Crippen LogP contribution in [-0.2, 0) is 30.4 Å². The molecule has 9 heteroatoms. The Hall–Kier alpha value is -3.10. The lowest BCUT2D eigenvalue weighted by atomic mass is 10.0. The van der Waals surface area contributed by atoms with Crippen LogP contribution < -0.4 is 10.6 Å². The van der Waals surface area contributed by atoms with Crippen molar-refractivity contribution in [2.45, 2.75) is 65.2 Å². The van der Waals surface area contributed by atoms with Crippen LogP contribution in [-0.4, -0.2) is 48.7 Å². The van der Waals surface area contributed by atoms with Gasteiger partial charge in [-0.05, 0) is 46.1 Å². The van der Waals surface area contributed by atoms with E-state index in [1.54, 1.807) is 27.7 Å². The second kappa shape index (κ2) is 13.3. The molecule has 2 amide bonds. The number of benzene rings is 1. The Morgan fingerprint density at radius 1 is 1.00 bits per heavy atom. The maximum Gasteiger partial charge on any atom is 0.408 e. The predicted octanol–water partition coefficient (Wildman–Crippen LogP) is 3.11. The molecule has 0 saturated carbocycles. The van der Waals surface area contributed by atoms with Crippen LogP contribution in [0.1, 0.15) is 52.5 Å². The van der Waals surface area contributed by atoms with E-state index >= 15 is 0 Å². The third-order valence-corrected chi connectivity index (χ3v) is 3.86. The average Bonchev–Trinajstić information content (AvgIpc) is 2.68. The number of Topliss-reactive ketones (excluding diaryl/α,β-unsaturated/α-hetero) is 1. The molecule has 9 nitrogen and oxygen atoms in total. The second-order valence-electron chi connectivity index (χ2n) is 7.78. The minimum absolute atomic E-state index is 0.146. The highest BCUT2D eigenvalue weighted by Gasteiger charge is 2.26. The van der Waals surface area contributed by atoms with Gasteiger partial charge in [-0.3, -0.25) is 9.59 Å². The highest BCUT2D eigenvalue weighted by molar-refractivity contribution is 5.99. The van der Waals surface area contributed by atoms with Crippen molar-refractivity contribution >= 4 is 23.9 Å². The maximum atomic E-state index is 12.4. The summed E-state index contributed by atoms with van der Waals surface area (Å²) < 4.78 is 15.1. The molecule has 0 spiro atoms. The first-order chi connectivity index (χ1) is 14.6. The van der Waals surface area contributed by atoms with Gasteiger partial charge in [-0.25, -0.2) is 9.59 Å². The number of amides is 2. The number of alkyl carbamates (subject to hydrolysis) is 2. The van der Waals surface area contributed by atoms with Gasteiger partial charge in [-0.1, -0.05) is 30.3 Å². The van der Waals surface area contributed by atoms with Crippen LogP contribution in [0.5, 0.6) is 0 Å². The first-order valence-electron chi connectivity index (χ1n) is 10.2. The lowest BCUT2D eigenvalue weighted by Gasteiger charge is -2.23. The summed E-state index contributed by atoms with van der Waals surface area (Å²) in [4.78, 5) is 47.9. The molecule has 1 unspecified atom stereocenters.